The van der Waals surface area contributed by atoms with Crippen molar-refractivity contribution in [3.63, 3.8) is 0 Å². The lowest BCUT2D eigenvalue weighted by Gasteiger charge is -2.06. The summed E-state index contributed by atoms with van der Waals surface area (Å²) in [7, 11) is 1.64. The number of hydrogen-bond acceptors (Lipinski definition) is 4. The van der Waals surface area contributed by atoms with Gasteiger partial charge in [-0.2, -0.15) is 0 Å². The third-order valence-corrected chi connectivity index (χ3v) is 4.44. The SMILES string of the molecule is COCCCn1c(SCc2ccc(Cl)cc2Cl)n[nH]c1=O. The first kappa shape index (κ1) is 16.4. The summed E-state index contributed by atoms with van der Waals surface area (Å²) in [5, 5.41) is 8.35. The minimum Gasteiger partial charge on any atom is -0.385 e. The van der Waals surface area contributed by atoms with Crippen LogP contribution in [0.2, 0.25) is 10.0 Å². The number of aromatic nitrogens is 3. The molecule has 0 aliphatic rings. The Morgan fingerprint density at radius 3 is 2.95 bits per heavy atom. The zero-order chi connectivity index (χ0) is 15.2. The topological polar surface area (TPSA) is 59.9 Å². The van der Waals surface area contributed by atoms with Gasteiger partial charge in [0.15, 0.2) is 5.16 Å². The van der Waals surface area contributed by atoms with Gasteiger partial charge >= 0.3 is 5.69 Å². The number of nitrogens with one attached hydrogen (secondary N) is 1. The number of H-pyrrole nitrogens is 1. The lowest BCUT2D eigenvalue weighted by Crippen LogP contribution is -2.18. The number of thioether (sulfide) groups is 1. The molecule has 2 aromatic rings. The van der Waals surface area contributed by atoms with E-state index >= 15 is 0 Å². The molecule has 0 aliphatic carbocycles. The Labute approximate surface area is 136 Å². The van der Waals surface area contributed by atoms with Gasteiger partial charge in [0.05, 0.1) is 0 Å². The fourth-order valence-corrected chi connectivity index (χ4v) is 3.29. The van der Waals surface area contributed by atoms with Crippen LogP contribution in [-0.2, 0) is 17.0 Å². The van der Waals surface area contributed by atoms with Crippen molar-refractivity contribution in [2.75, 3.05) is 13.7 Å². The number of aromatic amines is 1. The lowest BCUT2D eigenvalue weighted by atomic mass is 10.2. The Balaban J connectivity index is 2.04. The minimum absolute atomic E-state index is 0.212. The van der Waals surface area contributed by atoms with E-state index in [1.807, 2.05) is 6.07 Å². The summed E-state index contributed by atoms with van der Waals surface area (Å²) in [6.07, 6.45) is 0.755. The molecule has 0 amide bonds. The zero-order valence-corrected chi connectivity index (χ0v) is 13.8. The van der Waals surface area contributed by atoms with E-state index in [1.165, 1.54) is 11.8 Å². The number of benzene rings is 1. The van der Waals surface area contributed by atoms with Crippen LogP contribution in [0.1, 0.15) is 12.0 Å². The highest BCUT2D eigenvalue weighted by Gasteiger charge is 2.10. The smallest absolute Gasteiger partial charge is 0.343 e. The largest absolute Gasteiger partial charge is 0.385 e. The minimum atomic E-state index is -0.212. The summed E-state index contributed by atoms with van der Waals surface area (Å²) in [6, 6.07) is 5.37. The van der Waals surface area contributed by atoms with E-state index in [1.54, 1.807) is 23.8 Å². The molecule has 1 aromatic carbocycles. The van der Waals surface area contributed by atoms with E-state index in [9.17, 15) is 4.79 Å². The molecule has 114 valence electrons. The molecule has 8 heteroatoms. The first-order chi connectivity index (χ1) is 10.1. The van der Waals surface area contributed by atoms with Gasteiger partial charge in [-0.3, -0.25) is 4.57 Å². The van der Waals surface area contributed by atoms with Crippen LogP contribution >= 0.6 is 35.0 Å². The summed E-state index contributed by atoms with van der Waals surface area (Å²) in [5.74, 6) is 0.616. The molecule has 1 N–H and O–H groups in total. The molecule has 0 saturated heterocycles. The highest BCUT2D eigenvalue weighted by Crippen LogP contribution is 2.27. The fraction of sp³-hybridized carbons (Fsp3) is 0.385. The Morgan fingerprint density at radius 1 is 1.43 bits per heavy atom. The molecule has 0 saturated carbocycles. The highest BCUT2D eigenvalue weighted by atomic mass is 35.5. The Hall–Kier alpha value is -0.950. The maximum Gasteiger partial charge on any atom is 0.343 e. The molecule has 2 rings (SSSR count). The summed E-state index contributed by atoms with van der Waals surface area (Å²) >= 11 is 13.5. The van der Waals surface area contributed by atoms with Gasteiger partial charge in [0.1, 0.15) is 0 Å². The molecule has 0 aliphatic heterocycles. The Kier molecular flexibility index (Phi) is 6.17. The standard InChI is InChI=1S/C13H15Cl2N3O2S/c1-20-6-2-5-18-12(19)16-17-13(18)21-8-9-3-4-10(14)7-11(9)15/h3-4,7H,2,5-6,8H2,1H3,(H,16,19). The van der Waals surface area contributed by atoms with Gasteiger partial charge in [0.25, 0.3) is 0 Å². The van der Waals surface area contributed by atoms with E-state index < -0.39 is 0 Å². The van der Waals surface area contributed by atoms with Crippen molar-refractivity contribution >= 4 is 35.0 Å². The normalized spacial score (nSPS) is 11.0. The van der Waals surface area contributed by atoms with Crippen LogP contribution in [0.5, 0.6) is 0 Å². The third kappa shape index (κ3) is 4.51. The van der Waals surface area contributed by atoms with E-state index in [0.717, 1.165) is 12.0 Å². The maximum atomic E-state index is 11.7. The fourth-order valence-electron chi connectivity index (χ4n) is 1.76. The first-order valence-electron chi connectivity index (χ1n) is 6.32. The third-order valence-electron chi connectivity index (χ3n) is 2.83. The van der Waals surface area contributed by atoms with Crippen LogP contribution in [-0.4, -0.2) is 28.5 Å². The van der Waals surface area contributed by atoms with Gasteiger partial charge in [-0.1, -0.05) is 41.0 Å². The molecule has 0 unspecified atom stereocenters. The van der Waals surface area contributed by atoms with Crippen molar-refractivity contribution in [2.45, 2.75) is 23.9 Å². The van der Waals surface area contributed by atoms with Gasteiger partial charge in [-0.05, 0) is 24.1 Å². The highest BCUT2D eigenvalue weighted by molar-refractivity contribution is 7.98. The molecule has 0 atom stereocenters. The van der Waals surface area contributed by atoms with Gasteiger partial charge in [-0.15, -0.1) is 5.10 Å². The first-order valence-corrected chi connectivity index (χ1v) is 8.07. The van der Waals surface area contributed by atoms with Crippen LogP contribution in [0.15, 0.2) is 28.2 Å². The number of rotatable bonds is 7. The van der Waals surface area contributed by atoms with Crippen molar-refractivity contribution in [1.82, 2.24) is 14.8 Å². The van der Waals surface area contributed by atoms with Gasteiger partial charge < -0.3 is 4.74 Å². The molecule has 21 heavy (non-hydrogen) atoms. The Bertz CT molecular complexity index is 657. The molecule has 0 bridgehead atoms. The van der Waals surface area contributed by atoms with Crippen LogP contribution in [0.4, 0.5) is 0 Å². The quantitative estimate of drug-likeness (QED) is 0.617. The van der Waals surface area contributed by atoms with Gasteiger partial charge in [0, 0.05) is 36.1 Å². The second kappa shape index (κ2) is 7.89. The second-order valence-electron chi connectivity index (χ2n) is 4.33. The number of methoxy groups -OCH3 is 1. The predicted octanol–water partition coefficient (Wildman–Crippen LogP) is 3.21. The molecular formula is C13H15Cl2N3O2S. The maximum absolute atomic E-state index is 11.7. The molecule has 0 radical (unpaired) electrons. The van der Waals surface area contributed by atoms with Crippen LogP contribution < -0.4 is 5.69 Å². The predicted molar refractivity (Wildman–Crippen MR) is 85.4 cm³/mol. The summed E-state index contributed by atoms with van der Waals surface area (Å²) in [5.41, 5.74) is 0.737. The molecule has 0 fully saturated rings. The monoisotopic (exact) mass is 347 g/mol. The van der Waals surface area contributed by atoms with Crippen molar-refractivity contribution in [3.8, 4) is 0 Å². The molecular weight excluding hydrogens is 333 g/mol. The zero-order valence-electron chi connectivity index (χ0n) is 11.4. The number of hydrogen-bond donors (Lipinski definition) is 1. The van der Waals surface area contributed by atoms with Gasteiger partial charge in [-0.25, -0.2) is 9.89 Å². The summed E-state index contributed by atoms with van der Waals surface area (Å²) in [6.45, 7) is 1.17. The molecule has 1 heterocycles. The lowest BCUT2D eigenvalue weighted by molar-refractivity contribution is 0.189. The van der Waals surface area contributed by atoms with E-state index in [4.69, 9.17) is 27.9 Å². The van der Waals surface area contributed by atoms with Crippen molar-refractivity contribution in [2.24, 2.45) is 0 Å². The summed E-state index contributed by atoms with van der Waals surface area (Å²) < 4.78 is 6.60. The number of nitrogens with zero attached hydrogens (tertiary/aromatic N) is 2. The average Bonchev–Trinajstić information content (AvgIpc) is 2.79. The van der Waals surface area contributed by atoms with Crippen molar-refractivity contribution in [3.05, 3.63) is 44.3 Å². The van der Waals surface area contributed by atoms with Crippen molar-refractivity contribution in [1.29, 1.82) is 0 Å². The van der Waals surface area contributed by atoms with Crippen LogP contribution in [0.25, 0.3) is 0 Å². The van der Waals surface area contributed by atoms with E-state index in [2.05, 4.69) is 10.2 Å². The van der Waals surface area contributed by atoms with E-state index in [-0.39, 0.29) is 5.69 Å². The summed E-state index contributed by atoms with van der Waals surface area (Å²) in [4.78, 5) is 11.7. The van der Waals surface area contributed by atoms with Crippen molar-refractivity contribution < 1.29 is 4.74 Å². The number of ether oxygens (including phenoxy) is 1. The van der Waals surface area contributed by atoms with E-state index in [0.29, 0.717) is 34.1 Å². The van der Waals surface area contributed by atoms with Crippen LogP contribution in [0, 0.1) is 0 Å². The molecule has 1 aromatic heterocycles. The van der Waals surface area contributed by atoms with Gasteiger partial charge in [0.2, 0.25) is 0 Å². The molecule has 0 spiro atoms. The number of halogens is 2. The average molecular weight is 348 g/mol. The molecule has 5 nitrogen and oxygen atoms in total. The Morgan fingerprint density at radius 2 is 2.24 bits per heavy atom. The van der Waals surface area contributed by atoms with Crippen LogP contribution in [0.3, 0.4) is 0 Å². The second-order valence-corrected chi connectivity index (χ2v) is 6.12.